The van der Waals surface area contributed by atoms with Gasteiger partial charge in [0.05, 0.1) is 0 Å². The Morgan fingerprint density at radius 2 is 2.00 bits per heavy atom. The third-order valence-electron chi connectivity index (χ3n) is 2.53. The van der Waals surface area contributed by atoms with Crippen molar-refractivity contribution in [2.24, 2.45) is 0 Å². The smallest absolute Gasteiger partial charge is 0.0395 e. The molecule has 0 fully saturated rings. The monoisotopic (exact) mass is 213 g/mol. The molecule has 3 nitrogen and oxygen atoms in total. The van der Waals surface area contributed by atoms with Gasteiger partial charge in [-0.25, -0.2) is 0 Å². The number of benzene rings is 1. The number of nitrogens with zero attached hydrogens (tertiary/aromatic N) is 2. The minimum Gasteiger partial charge on any atom is -0.398 e. The Morgan fingerprint density at radius 1 is 1.19 bits per heavy atom. The normalized spacial score (nSPS) is 10.1. The average Bonchev–Trinajstić information content (AvgIpc) is 2.30. The second-order valence-corrected chi connectivity index (χ2v) is 3.91. The van der Waals surface area contributed by atoms with Gasteiger partial charge in [0, 0.05) is 49.0 Å². The molecule has 2 aromatic rings. The molecule has 0 bridgehead atoms. The Morgan fingerprint density at radius 3 is 2.62 bits per heavy atom. The summed E-state index contributed by atoms with van der Waals surface area (Å²) in [5, 5.41) is 0. The molecule has 1 aromatic heterocycles. The summed E-state index contributed by atoms with van der Waals surface area (Å²) in [6, 6.07) is 9.94. The SMILES string of the molecule is CN(C)c1ccc(N)c(-c2cccnc2)c1. The van der Waals surface area contributed by atoms with Crippen LogP contribution in [0.2, 0.25) is 0 Å². The van der Waals surface area contributed by atoms with E-state index in [2.05, 4.69) is 16.0 Å². The van der Waals surface area contributed by atoms with E-state index in [1.165, 1.54) is 0 Å². The van der Waals surface area contributed by atoms with Gasteiger partial charge in [0.15, 0.2) is 0 Å². The van der Waals surface area contributed by atoms with E-state index in [4.69, 9.17) is 5.73 Å². The Bertz CT molecular complexity index is 478. The van der Waals surface area contributed by atoms with E-state index in [-0.39, 0.29) is 0 Å². The van der Waals surface area contributed by atoms with Crippen LogP contribution in [0.1, 0.15) is 0 Å². The van der Waals surface area contributed by atoms with E-state index in [0.717, 1.165) is 22.5 Å². The van der Waals surface area contributed by atoms with Crippen LogP contribution in [0, 0.1) is 0 Å². The number of rotatable bonds is 2. The lowest BCUT2D eigenvalue weighted by Gasteiger charge is -2.15. The van der Waals surface area contributed by atoms with E-state index in [1.54, 1.807) is 6.20 Å². The minimum absolute atomic E-state index is 0.776. The Hall–Kier alpha value is -2.03. The quantitative estimate of drug-likeness (QED) is 0.779. The van der Waals surface area contributed by atoms with Gasteiger partial charge in [-0.2, -0.15) is 0 Å². The van der Waals surface area contributed by atoms with Crippen LogP contribution in [-0.2, 0) is 0 Å². The predicted octanol–water partition coefficient (Wildman–Crippen LogP) is 2.40. The third-order valence-corrected chi connectivity index (χ3v) is 2.53. The van der Waals surface area contributed by atoms with Crippen molar-refractivity contribution in [2.45, 2.75) is 0 Å². The number of aromatic nitrogens is 1. The van der Waals surface area contributed by atoms with Crippen LogP contribution in [0.25, 0.3) is 11.1 Å². The summed E-state index contributed by atoms with van der Waals surface area (Å²) in [5.74, 6) is 0. The zero-order valence-electron chi connectivity index (χ0n) is 9.51. The first-order chi connectivity index (χ1) is 7.68. The van der Waals surface area contributed by atoms with Crippen LogP contribution < -0.4 is 10.6 Å². The lowest BCUT2D eigenvalue weighted by Crippen LogP contribution is -2.08. The Balaban J connectivity index is 2.52. The van der Waals surface area contributed by atoms with Gasteiger partial charge in [0.1, 0.15) is 0 Å². The van der Waals surface area contributed by atoms with Gasteiger partial charge in [0.2, 0.25) is 0 Å². The van der Waals surface area contributed by atoms with Gasteiger partial charge in [0.25, 0.3) is 0 Å². The zero-order chi connectivity index (χ0) is 11.5. The highest BCUT2D eigenvalue weighted by molar-refractivity contribution is 5.79. The van der Waals surface area contributed by atoms with Crippen molar-refractivity contribution in [1.82, 2.24) is 4.98 Å². The molecule has 0 atom stereocenters. The lowest BCUT2D eigenvalue weighted by atomic mass is 10.0. The first-order valence-corrected chi connectivity index (χ1v) is 5.16. The van der Waals surface area contributed by atoms with Crippen molar-refractivity contribution in [3.63, 3.8) is 0 Å². The summed E-state index contributed by atoms with van der Waals surface area (Å²) in [4.78, 5) is 6.16. The Labute approximate surface area is 95.5 Å². The summed E-state index contributed by atoms with van der Waals surface area (Å²) in [6.07, 6.45) is 3.58. The van der Waals surface area contributed by atoms with Gasteiger partial charge >= 0.3 is 0 Å². The zero-order valence-corrected chi connectivity index (χ0v) is 9.51. The molecular formula is C13H15N3. The van der Waals surface area contributed by atoms with Gasteiger partial charge in [-0.05, 0) is 24.3 Å². The molecule has 0 aliphatic heterocycles. The second kappa shape index (κ2) is 4.23. The summed E-state index contributed by atoms with van der Waals surface area (Å²) in [7, 11) is 4.02. The number of pyridine rings is 1. The maximum absolute atomic E-state index is 5.98. The van der Waals surface area contributed by atoms with E-state index in [1.807, 2.05) is 44.6 Å². The minimum atomic E-state index is 0.776. The summed E-state index contributed by atoms with van der Waals surface area (Å²) in [5.41, 5.74) is 9.96. The van der Waals surface area contributed by atoms with Crippen molar-refractivity contribution in [1.29, 1.82) is 0 Å². The molecule has 2 N–H and O–H groups in total. The third kappa shape index (κ3) is 1.98. The van der Waals surface area contributed by atoms with Crippen molar-refractivity contribution in [3.05, 3.63) is 42.7 Å². The number of hydrogen-bond acceptors (Lipinski definition) is 3. The van der Waals surface area contributed by atoms with E-state index in [0.29, 0.717) is 0 Å². The molecule has 0 aliphatic rings. The maximum Gasteiger partial charge on any atom is 0.0395 e. The van der Waals surface area contributed by atoms with E-state index < -0.39 is 0 Å². The lowest BCUT2D eigenvalue weighted by molar-refractivity contribution is 1.13. The number of nitrogen functional groups attached to an aromatic ring is 1. The summed E-state index contributed by atoms with van der Waals surface area (Å²) < 4.78 is 0. The van der Waals surface area contributed by atoms with Crippen LogP contribution in [0.15, 0.2) is 42.7 Å². The van der Waals surface area contributed by atoms with Crippen molar-refractivity contribution < 1.29 is 0 Å². The molecule has 82 valence electrons. The van der Waals surface area contributed by atoms with Crippen molar-refractivity contribution in [3.8, 4) is 11.1 Å². The van der Waals surface area contributed by atoms with E-state index in [9.17, 15) is 0 Å². The second-order valence-electron chi connectivity index (χ2n) is 3.91. The fourth-order valence-corrected chi connectivity index (χ4v) is 1.59. The summed E-state index contributed by atoms with van der Waals surface area (Å²) >= 11 is 0. The van der Waals surface area contributed by atoms with Crippen LogP contribution in [0.5, 0.6) is 0 Å². The van der Waals surface area contributed by atoms with Gasteiger partial charge in [-0.1, -0.05) is 6.07 Å². The van der Waals surface area contributed by atoms with Crippen molar-refractivity contribution >= 4 is 11.4 Å². The molecule has 2 rings (SSSR count). The number of nitrogens with two attached hydrogens (primary N) is 1. The molecule has 0 radical (unpaired) electrons. The van der Waals surface area contributed by atoms with Gasteiger partial charge in [-0.15, -0.1) is 0 Å². The topological polar surface area (TPSA) is 42.1 Å². The first kappa shape index (κ1) is 10.5. The highest BCUT2D eigenvalue weighted by Crippen LogP contribution is 2.28. The Kier molecular flexibility index (Phi) is 2.77. The molecule has 0 spiro atoms. The van der Waals surface area contributed by atoms with Gasteiger partial charge < -0.3 is 10.6 Å². The summed E-state index contributed by atoms with van der Waals surface area (Å²) in [6.45, 7) is 0. The molecule has 0 amide bonds. The van der Waals surface area contributed by atoms with Crippen LogP contribution in [0.3, 0.4) is 0 Å². The first-order valence-electron chi connectivity index (χ1n) is 5.16. The van der Waals surface area contributed by atoms with E-state index >= 15 is 0 Å². The fraction of sp³-hybridized carbons (Fsp3) is 0.154. The molecular weight excluding hydrogens is 198 g/mol. The molecule has 0 saturated heterocycles. The maximum atomic E-state index is 5.98. The van der Waals surface area contributed by atoms with Crippen molar-refractivity contribution in [2.75, 3.05) is 24.7 Å². The molecule has 0 aliphatic carbocycles. The predicted molar refractivity (Wildman–Crippen MR) is 68.4 cm³/mol. The number of hydrogen-bond donors (Lipinski definition) is 1. The average molecular weight is 213 g/mol. The molecule has 3 heteroatoms. The van der Waals surface area contributed by atoms with Crippen LogP contribution >= 0.6 is 0 Å². The standard InChI is InChI=1S/C13H15N3/c1-16(2)11-5-6-13(14)12(8-11)10-4-3-7-15-9-10/h3-9H,14H2,1-2H3. The van der Waals surface area contributed by atoms with Gasteiger partial charge in [-0.3, -0.25) is 4.98 Å². The highest BCUT2D eigenvalue weighted by Gasteiger charge is 2.04. The highest BCUT2D eigenvalue weighted by atomic mass is 15.1. The molecule has 1 aromatic carbocycles. The van der Waals surface area contributed by atoms with Crippen LogP contribution in [-0.4, -0.2) is 19.1 Å². The van der Waals surface area contributed by atoms with Crippen LogP contribution in [0.4, 0.5) is 11.4 Å². The number of anilines is 2. The molecule has 0 unspecified atom stereocenters. The molecule has 1 heterocycles. The molecule has 16 heavy (non-hydrogen) atoms. The molecule has 0 saturated carbocycles. The fourth-order valence-electron chi connectivity index (χ4n) is 1.59. The largest absolute Gasteiger partial charge is 0.398 e.